The number of aromatic nitrogens is 3. The maximum atomic E-state index is 14.9. The Morgan fingerprint density at radius 1 is 1.05 bits per heavy atom. The third kappa shape index (κ3) is 6.06. The third-order valence-electron chi connectivity index (χ3n) is 5.14. The number of hydrogen-bond donors (Lipinski definition) is 3. The summed E-state index contributed by atoms with van der Waals surface area (Å²) in [6.07, 6.45) is -3.70. The number of ether oxygens (including phenoxy) is 2. The van der Waals surface area contributed by atoms with Crippen LogP contribution in [0.1, 0.15) is 23.0 Å². The van der Waals surface area contributed by atoms with Gasteiger partial charge >= 0.3 is 12.3 Å². The van der Waals surface area contributed by atoms with Crippen molar-refractivity contribution in [3.63, 3.8) is 0 Å². The van der Waals surface area contributed by atoms with Crippen LogP contribution in [0.25, 0.3) is 5.69 Å². The summed E-state index contributed by atoms with van der Waals surface area (Å²) < 4.78 is 67.4. The minimum Gasteiger partial charge on any atom is -0.452 e. The molecule has 0 saturated heterocycles. The molecule has 0 saturated carbocycles. The van der Waals surface area contributed by atoms with Gasteiger partial charge in [0.15, 0.2) is 28.8 Å². The Bertz CT molecular complexity index is 1510. The van der Waals surface area contributed by atoms with Crippen molar-refractivity contribution < 1.29 is 36.6 Å². The normalized spacial score (nSPS) is 11.1. The van der Waals surface area contributed by atoms with Gasteiger partial charge in [-0.25, -0.2) is 18.9 Å². The summed E-state index contributed by atoms with van der Waals surface area (Å²) >= 11 is 0. The van der Waals surface area contributed by atoms with Gasteiger partial charge in [0, 0.05) is 24.0 Å². The molecule has 0 aliphatic heterocycles. The van der Waals surface area contributed by atoms with Crippen molar-refractivity contribution in [2.24, 2.45) is 0 Å². The van der Waals surface area contributed by atoms with Gasteiger partial charge in [-0.05, 0) is 31.2 Å². The molecule has 0 aliphatic rings. The second kappa shape index (κ2) is 11.1. The maximum absolute atomic E-state index is 14.9. The number of hydrogen-bond acceptors (Lipinski definition) is 7. The van der Waals surface area contributed by atoms with Gasteiger partial charge in [-0.2, -0.15) is 18.3 Å². The molecule has 0 bridgehead atoms. The van der Waals surface area contributed by atoms with Gasteiger partial charge in [0.2, 0.25) is 0 Å². The first-order valence-electron chi connectivity index (χ1n) is 11.3. The third-order valence-corrected chi connectivity index (χ3v) is 5.14. The van der Waals surface area contributed by atoms with Gasteiger partial charge in [0.25, 0.3) is 5.91 Å². The molecule has 2 aromatic heterocycles. The van der Waals surface area contributed by atoms with Gasteiger partial charge in [-0.1, -0.05) is 18.2 Å². The molecule has 4 rings (SSSR count). The Labute approximate surface area is 218 Å². The van der Waals surface area contributed by atoms with Crippen LogP contribution < -0.4 is 21.1 Å². The molecule has 2 heterocycles. The zero-order chi connectivity index (χ0) is 28.2. The van der Waals surface area contributed by atoms with Crippen LogP contribution in [0.5, 0.6) is 11.5 Å². The van der Waals surface area contributed by atoms with Crippen LogP contribution in [0.3, 0.4) is 0 Å². The van der Waals surface area contributed by atoms with E-state index in [9.17, 15) is 27.2 Å². The number of carbonyl (C=O) groups is 2. The number of rotatable bonds is 7. The molecule has 0 fully saturated rings. The first-order chi connectivity index (χ1) is 18.6. The van der Waals surface area contributed by atoms with Gasteiger partial charge in [-0.3, -0.25) is 10.1 Å². The monoisotopic (exact) mass is 544 g/mol. The van der Waals surface area contributed by atoms with Crippen molar-refractivity contribution in [3.8, 4) is 17.2 Å². The van der Waals surface area contributed by atoms with E-state index in [1.165, 1.54) is 42.6 Å². The van der Waals surface area contributed by atoms with E-state index in [4.69, 9.17) is 15.2 Å². The van der Waals surface area contributed by atoms with E-state index in [1.54, 1.807) is 13.0 Å². The SMILES string of the molecule is CCOC(=O)Nc1c(Oc2ccc(NC(=O)c3cnn(-c4ccccc4)c3C(F)(F)F)cc2F)ccnc1N. The predicted octanol–water partition coefficient (Wildman–Crippen LogP) is 5.62. The molecule has 0 radical (unpaired) electrons. The first kappa shape index (κ1) is 26.9. The predicted molar refractivity (Wildman–Crippen MR) is 132 cm³/mol. The Kier molecular flexibility index (Phi) is 7.65. The average molecular weight is 544 g/mol. The highest BCUT2D eigenvalue weighted by Gasteiger charge is 2.40. The number of nitrogens with zero attached hydrogens (tertiary/aromatic N) is 3. The summed E-state index contributed by atoms with van der Waals surface area (Å²) in [6.45, 7) is 1.68. The summed E-state index contributed by atoms with van der Waals surface area (Å²) in [5.41, 5.74) is 3.63. The highest BCUT2D eigenvalue weighted by atomic mass is 19.4. The fourth-order valence-electron chi connectivity index (χ4n) is 3.47. The fraction of sp³-hybridized carbons (Fsp3) is 0.120. The molecule has 4 N–H and O–H groups in total. The molecule has 0 aliphatic carbocycles. The van der Waals surface area contributed by atoms with Crippen molar-refractivity contribution >= 4 is 29.2 Å². The van der Waals surface area contributed by atoms with Crippen LogP contribution in [0.4, 0.5) is 39.5 Å². The van der Waals surface area contributed by atoms with Crippen LogP contribution in [0.2, 0.25) is 0 Å². The summed E-state index contributed by atoms with van der Waals surface area (Å²) in [4.78, 5) is 28.4. The zero-order valence-corrected chi connectivity index (χ0v) is 20.1. The standard InChI is InChI=1S/C25H20F4N6O4/c1-2-38-24(37)34-20-19(10-11-31-22(20)30)39-18-9-8-14(12-17(18)26)33-23(36)16-13-32-35(21(16)25(27,28)29)15-6-4-3-5-7-15/h3-13H,2H2,1H3,(H2,30,31)(H,33,36)(H,34,37). The smallest absolute Gasteiger partial charge is 0.434 e. The number of anilines is 3. The molecular weight excluding hydrogens is 524 g/mol. The molecule has 2 aromatic carbocycles. The molecule has 0 spiro atoms. The number of amides is 2. The van der Waals surface area contributed by atoms with Gasteiger partial charge in [0.05, 0.1) is 24.1 Å². The minimum atomic E-state index is -4.91. The molecular formula is C25H20F4N6O4. The molecule has 14 heteroatoms. The lowest BCUT2D eigenvalue weighted by molar-refractivity contribution is -0.143. The number of nitrogen functional groups attached to an aromatic ring is 1. The largest absolute Gasteiger partial charge is 0.452 e. The van der Waals surface area contributed by atoms with Crippen molar-refractivity contribution in [1.29, 1.82) is 0 Å². The lowest BCUT2D eigenvalue weighted by atomic mass is 10.2. The van der Waals surface area contributed by atoms with E-state index in [0.29, 0.717) is 4.68 Å². The summed E-state index contributed by atoms with van der Waals surface area (Å²) in [5, 5.41) is 8.32. The molecule has 0 unspecified atom stereocenters. The second-order valence-electron chi connectivity index (χ2n) is 7.77. The number of nitrogens with two attached hydrogens (primary N) is 1. The van der Waals surface area contributed by atoms with Crippen molar-refractivity contribution in [2.75, 3.05) is 23.0 Å². The summed E-state index contributed by atoms with van der Waals surface area (Å²) in [7, 11) is 0. The van der Waals surface area contributed by atoms with E-state index in [0.717, 1.165) is 18.3 Å². The van der Waals surface area contributed by atoms with Crippen LogP contribution >= 0.6 is 0 Å². The number of carbonyl (C=O) groups excluding carboxylic acids is 2. The number of nitrogens with one attached hydrogen (secondary N) is 2. The number of benzene rings is 2. The van der Waals surface area contributed by atoms with Gasteiger partial charge in [-0.15, -0.1) is 0 Å². The van der Waals surface area contributed by atoms with E-state index in [2.05, 4.69) is 20.7 Å². The van der Waals surface area contributed by atoms with Crippen LogP contribution in [0, 0.1) is 5.82 Å². The maximum Gasteiger partial charge on any atom is 0.434 e. The quantitative estimate of drug-likeness (QED) is 0.257. The molecule has 39 heavy (non-hydrogen) atoms. The first-order valence-corrected chi connectivity index (χ1v) is 11.3. The summed E-state index contributed by atoms with van der Waals surface area (Å²) in [5.74, 6) is -2.64. The van der Waals surface area contributed by atoms with Crippen LogP contribution in [-0.2, 0) is 10.9 Å². The highest BCUT2D eigenvalue weighted by Crippen LogP contribution is 2.36. The average Bonchev–Trinajstić information content (AvgIpc) is 3.35. The molecule has 0 atom stereocenters. The summed E-state index contributed by atoms with van der Waals surface area (Å²) in [6, 6.07) is 12.0. The Morgan fingerprint density at radius 2 is 1.79 bits per heavy atom. The number of para-hydroxylation sites is 1. The van der Waals surface area contributed by atoms with E-state index in [1.807, 2.05) is 0 Å². The van der Waals surface area contributed by atoms with E-state index < -0.39 is 35.3 Å². The lowest BCUT2D eigenvalue weighted by Gasteiger charge is -2.15. The molecule has 202 valence electrons. The van der Waals surface area contributed by atoms with Crippen molar-refractivity contribution in [2.45, 2.75) is 13.1 Å². The van der Waals surface area contributed by atoms with Gasteiger partial charge in [0.1, 0.15) is 5.69 Å². The second-order valence-corrected chi connectivity index (χ2v) is 7.77. The number of pyridine rings is 1. The highest BCUT2D eigenvalue weighted by molar-refractivity contribution is 6.05. The molecule has 2 amide bonds. The topological polar surface area (TPSA) is 133 Å². The van der Waals surface area contributed by atoms with Crippen molar-refractivity contribution in [1.82, 2.24) is 14.8 Å². The van der Waals surface area contributed by atoms with Crippen molar-refractivity contribution in [3.05, 3.63) is 84.1 Å². The minimum absolute atomic E-state index is 0.0608. The van der Waals surface area contributed by atoms with E-state index >= 15 is 0 Å². The van der Waals surface area contributed by atoms with Crippen LogP contribution in [-0.4, -0.2) is 33.4 Å². The number of alkyl halides is 3. The Balaban J connectivity index is 1.56. The Hall–Kier alpha value is -5.14. The van der Waals surface area contributed by atoms with Crippen LogP contribution in [0.15, 0.2) is 67.0 Å². The zero-order valence-electron chi connectivity index (χ0n) is 20.1. The fourth-order valence-corrected chi connectivity index (χ4v) is 3.47. The number of halogens is 4. The lowest BCUT2D eigenvalue weighted by Crippen LogP contribution is -2.20. The molecule has 10 nitrogen and oxygen atoms in total. The Morgan fingerprint density at radius 3 is 2.46 bits per heavy atom. The van der Waals surface area contributed by atoms with Gasteiger partial charge < -0.3 is 20.5 Å². The van der Waals surface area contributed by atoms with E-state index in [-0.39, 0.29) is 41.0 Å². The molecule has 4 aromatic rings.